The number of carbonyl (C=O) groups excluding carboxylic acids is 1. The zero-order valence-electron chi connectivity index (χ0n) is 13.4. The van der Waals surface area contributed by atoms with Gasteiger partial charge in [-0.25, -0.2) is 9.48 Å². The molecule has 0 unspecified atom stereocenters. The molecule has 0 spiro atoms. The Kier molecular flexibility index (Phi) is 3.88. The fraction of sp³-hybridized carbons (Fsp3) is 0. The van der Waals surface area contributed by atoms with E-state index in [0.717, 1.165) is 22.1 Å². The summed E-state index contributed by atoms with van der Waals surface area (Å²) in [5.74, 6) is 0. The van der Waals surface area contributed by atoms with Gasteiger partial charge in [0.1, 0.15) is 0 Å². The minimum Gasteiger partial charge on any atom is -0.308 e. The largest absolute Gasteiger partial charge is 0.323 e. The lowest BCUT2D eigenvalue weighted by Gasteiger charge is -2.09. The van der Waals surface area contributed by atoms with Crippen molar-refractivity contribution < 1.29 is 4.79 Å². The molecular formula is C20H16N4O. The van der Waals surface area contributed by atoms with Crippen LogP contribution in [-0.4, -0.2) is 15.8 Å². The van der Waals surface area contributed by atoms with Gasteiger partial charge in [0.25, 0.3) is 0 Å². The van der Waals surface area contributed by atoms with Crippen molar-refractivity contribution in [3.8, 4) is 5.69 Å². The van der Waals surface area contributed by atoms with Crippen molar-refractivity contribution in [2.75, 3.05) is 10.6 Å². The first-order valence-corrected chi connectivity index (χ1v) is 7.95. The summed E-state index contributed by atoms with van der Waals surface area (Å²) in [6.45, 7) is 0. The van der Waals surface area contributed by atoms with E-state index in [9.17, 15) is 4.79 Å². The number of aromatic nitrogens is 2. The molecule has 0 saturated carbocycles. The van der Waals surface area contributed by atoms with Crippen LogP contribution in [0.15, 0.2) is 85.2 Å². The molecule has 5 nitrogen and oxygen atoms in total. The molecule has 2 amide bonds. The van der Waals surface area contributed by atoms with Crippen molar-refractivity contribution in [1.82, 2.24) is 9.78 Å². The highest BCUT2D eigenvalue weighted by atomic mass is 16.2. The van der Waals surface area contributed by atoms with Gasteiger partial charge in [-0.15, -0.1) is 0 Å². The molecule has 0 fully saturated rings. The van der Waals surface area contributed by atoms with Gasteiger partial charge in [-0.1, -0.05) is 30.3 Å². The van der Waals surface area contributed by atoms with Gasteiger partial charge in [0.15, 0.2) is 0 Å². The third-order valence-electron chi connectivity index (χ3n) is 3.90. The average molecular weight is 328 g/mol. The minimum absolute atomic E-state index is 0.276. The minimum atomic E-state index is -0.276. The highest BCUT2D eigenvalue weighted by Crippen LogP contribution is 2.19. The number of nitrogens with zero attached hydrogens (tertiary/aromatic N) is 2. The quantitative estimate of drug-likeness (QED) is 0.574. The standard InChI is InChI=1S/C20H16N4O/c25-20(23-18-7-6-15-4-1-2-5-16(15)14-18)22-17-8-10-19(11-9-17)24-13-3-12-21-24/h1-14H,(H2,22,23,25). The fourth-order valence-corrected chi connectivity index (χ4v) is 2.68. The maximum absolute atomic E-state index is 12.2. The Balaban J connectivity index is 1.44. The number of benzene rings is 3. The molecule has 0 aliphatic carbocycles. The Labute approximate surface area is 144 Å². The summed E-state index contributed by atoms with van der Waals surface area (Å²) in [6, 6.07) is 23.0. The monoisotopic (exact) mass is 328 g/mol. The molecule has 4 aromatic rings. The summed E-state index contributed by atoms with van der Waals surface area (Å²) in [4.78, 5) is 12.2. The normalized spacial score (nSPS) is 10.6. The van der Waals surface area contributed by atoms with Crippen LogP contribution in [-0.2, 0) is 0 Å². The average Bonchev–Trinajstić information content (AvgIpc) is 3.17. The second-order valence-corrected chi connectivity index (χ2v) is 5.64. The zero-order chi connectivity index (χ0) is 17.1. The molecule has 0 radical (unpaired) electrons. The summed E-state index contributed by atoms with van der Waals surface area (Å²) < 4.78 is 1.76. The summed E-state index contributed by atoms with van der Waals surface area (Å²) >= 11 is 0. The van der Waals surface area contributed by atoms with Crippen LogP contribution < -0.4 is 10.6 Å². The van der Waals surface area contributed by atoms with Crippen molar-refractivity contribution in [2.45, 2.75) is 0 Å². The van der Waals surface area contributed by atoms with Gasteiger partial charge < -0.3 is 10.6 Å². The zero-order valence-corrected chi connectivity index (χ0v) is 13.4. The predicted octanol–water partition coefficient (Wildman–Crippen LogP) is 4.67. The Morgan fingerprint density at radius 1 is 0.800 bits per heavy atom. The first-order valence-electron chi connectivity index (χ1n) is 7.95. The number of fused-ring (bicyclic) bond motifs is 1. The van der Waals surface area contributed by atoms with E-state index < -0.39 is 0 Å². The predicted molar refractivity (Wildman–Crippen MR) is 100 cm³/mol. The molecule has 0 aliphatic heterocycles. The van der Waals surface area contributed by atoms with E-state index in [1.165, 1.54) is 0 Å². The maximum atomic E-state index is 12.2. The lowest BCUT2D eigenvalue weighted by atomic mass is 10.1. The Hall–Kier alpha value is -3.60. The smallest absolute Gasteiger partial charge is 0.308 e. The molecule has 0 saturated heterocycles. The number of nitrogens with one attached hydrogen (secondary N) is 2. The van der Waals surface area contributed by atoms with Gasteiger partial charge in [0.05, 0.1) is 5.69 Å². The molecule has 3 aromatic carbocycles. The summed E-state index contributed by atoms with van der Waals surface area (Å²) in [5, 5.41) is 12.1. The highest BCUT2D eigenvalue weighted by Gasteiger charge is 2.04. The van der Waals surface area contributed by atoms with Crippen molar-refractivity contribution in [2.24, 2.45) is 0 Å². The molecule has 1 aromatic heterocycles. The second-order valence-electron chi connectivity index (χ2n) is 5.64. The molecule has 4 rings (SSSR count). The topological polar surface area (TPSA) is 59.0 Å². The van der Waals surface area contributed by atoms with E-state index in [1.54, 1.807) is 10.9 Å². The Morgan fingerprint density at radius 3 is 2.28 bits per heavy atom. The Morgan fingerprint density at radius 2 is 1.52 bits per heavy atom. The van der Waals surface area contributed by atoms with Gasteiger partial charge >= 0.3 is 6.03 Å². The van der Waals surface area contributed by atoms with Crippen molar-refractivity contribution >= 4 is 28.2 Å². The van der Waals surface area contributed by atoms with E-state index in [-0.39, 0.29) is 6.03 Å². The van der Waals surface area contributed by atoms with Crippen LogP contribution >= 0.6 is 0 Å². The van der Waals surface area contributed by atoms with Crippen molar-refractivity contribution in [3.05, 3.63) is 85.2 Å². The SMILES string of the molecule is O=C(Nc1ccc(-n2cccn2)cc1)Nc1ccc2ccccc2c1. The number of hydrogen-bond acceptors (Lipinski definition) is 2. The number of urea groups is 1. The second kappa shape index (κ2) is 6.49. The summed E-state index contributed by atoms with van der Waals surface area (Å²) in [6.07, 6.45) is 3.60. The molecule has 2 N–H and O–H groups in total. The van der Waals surface area contributed by atoms with Gasteiger partial charge in [-0.2, -0.15) is 5.10 Å². The van der Waals surface area contributed by atoms with E-state index in [1.807, 2.05) is 79.0 Å². The third kappa shape index (κ3) is 3.35. The van der Waals surface area contributed by atoms with Crippen LogP contribution in [0.5, 0.6) is 0 Å². The third-order valence-corrected chi connectivity index (χ3v) is 3.90. The van der Waals surface area contributed by atoms with Gasteiger partial charge in [-0.3, -0.25) is 0 Å². The van der Waals surface area contributed by atoms with Gasteiger partial charge in [0, 0.05) is 23.8 Å². The van der Waals surface area contributed by atoms with E-state index in [2.05, 4.69) is 15.7 Å². The number of anilines is 2. The molecular weight excluding hydrogens is 312 g/mol. The first kappa shape index (κ1) is 15.0. The number of rotatable bonds is 3. The fourth-order valence-electron chi connectivity index (χ4n) is 2.68. The first-order chi connectivity index (χ1) is 12.3. The molecule has 1 heterocycles. The van der Waals surface area contributed by atoms with Crippen LogP contribution in [0, 0.1) is 0 Å². The van der Waals surface area contributed by atoms with Crippen LogP contribution in [0.25, 0.3) is 16.5 Å². The molecule has 5 heteroatoms. The van der Waals surface area contributed by atoms with Crippen molar-refractivity contribution in [1.29, 1.82) is 0 Å². The summed E-state index contributed by atoms with van der Waals surface area (Å²) in [5.41, 5.74) is 2.41. The van der Waals surface area contributed by atoms with E-state index in [0.29, 0.717) is 5.69 Å². The lowest BCUT2D eigenvalue weighted by Crippen LogP contribution is -2.19. The molecule has 0 aliphatic rings. The van der Waals surface area contributed by atoms with Gasteiger partial charge in [0.2, 0.25) is 0 Å². The van der Waals surface area contributed by atoms with Gasteiger partial charge in [-0.05, 0) is 53.2 Å². The molecule has 0 bridgehead atoms. The van der Waals surface area contributed by atoms with Crippen LogP contribution in [0.3, 0.4) is 0 Å². The summed E-state index contributed by atoms with van der Waals surface area (Å²) in [7, 11) is 0. The molecule has 25 heavy (non-hydrogen) atoms. The van der Waals surface area contributed by atoms with Crippen LogP contribution in [0.4, 0.5) is 16.2 Å². The number of amides is 2. The Bertz CT molecular complexity index is 1010. The van der Waals surface area contributed by atoms with E-state index >= 15 is 0 Å². The van der Waals surface area contributed by atoms with E-state index in [4.69, 9.17) is 0 Å². The maximum Gasteiger partial charge on any atom is 0.323 e. The lowest BCUT2D eigenvalue weighted by molar-refractivity contribution is 0.262. The van der Waals surface area contributed by atoms with Crippen LogP contribution in [0.2, 0.25) is 0 Å². The molecule has 0 atom stereocenters. The number of carbonyl (C=O) groups is 1. The van der Waals surface area contributed by atoms with Crippen molar-refractivity contribution in [3.63, 3.8) is 0 Å². The number of hydrogen-bond donors (Lipinski definition) is 2. The molecule has 122 valence electrons. The highest BCUT2D eigenvalue weighted by molar-refractivity contribution is 6.01. The van der Waals surface area contributed by atoms with Crippen LogP contribution in [0.1, 0.15) is 0 Å².